The molecule has 1 N–H and O–H groups in total. The second kappa shape index (κ2) is 7.33. The summed E-state index contributed by atoms with van der Waals surface area (Å²) in [7, 11) is 0. The van der Waals surface area contributed by atoms with Gasteiger partial charge in [0.05, 0.1) is 16.2 Å². The molecule has 1 aliphatic rings. The Balaban J connectivity index is 1.79. The molecule has 25 heavy (non-hydrogen) atoms. The van der Waals surface area contributed by atoms with Crippen molar-refractivity contribution in [3.8, 4) is 0 Å². The van der Waals surface area contributed by atoms with Crippen LogP contribution in [0.5, 0.6) is 0 Å². The van der Waals surface area contributed by atoms with Gasteiger partial charge in [-0.2, -0.15) is 0 Å². The van der Waals surface area contributed by atoms with E-state index in [0.717, 1.165) is 36.5 Å². The summed E-state index contributed by atoms with van der Waals surface area (Å²) in [4.78, 5) is 32.4. The molecule has 1 aliphatic heterocycles. The van der Waals surface area contributed by atoms with Gasteiger partial charge in [-0.15, -0.1) is 0 Å². The monoisotopic (exact) mass is 362 g/mol. The molecule has 0 amide bonds. The molecule has 1 aromatic heterocycles. The van der Waals surface area contributed by atoms with Crippen LogP contribution in [-0.4, -0.2) is 26.3 Å². The third kappa shape index (κ3) is 3.88. The molecule has 0 bridgehead atoms. The summed E-state index contributed by atoms with van der Waals surface area (Å²) in [6, 6.07) is 4.81. The Bertz CT molecular complexity index is 865. The van der Waals surface area contributed by atoms with E-state index in [0.29, 0.717) is 25.1 Å². The van der Waals surface area contributed by atoms with Crippen LogP contribution in [0, 0.1) is 10.1 Å². The van der Waals surface area contributed by atoms with Crippen LogP contribution in [0.25, 0.3) is 0 Å². The maximum Gasteiger partial charge on any atom is 0.288 e. The van der Waals surface area contributed by atoms with E-state index in [1.54, 1.807) is 6.07 Å². The molecule has 0 fully saturated rings. The van der Waals surface area contributed by atoms with Gasteiger partial charge in [0.2, 0.25) is 0 Å². The van der Waals surface area contributed by atoms with Crippen molar-refractivity contribution < 1.29 is 4.92 Å². The molecule has 0 unspecified atom stereocenters. The number of nitrogens with zero attached hydrogens (tertiary/aromatic N) is 3. The molecule has 7 nitrogen and oxygen atoms in total. The van der Waals surface area contributed by atoms with Gasteiger partial charge in [0.1, 0.15) is 10.8 Å². The van der Waals surface area contributed by atoms with E-state index in [4.69, 9.17) is 11.6 Å². The molecule has 2 aromatic rings. The van der Waals surface area contributed by atoms with Gasteiger partial charge < -0.3 is 4.98 Å². The first-order valence-corrected chi connectivity index (χ1v) is 8.62. The lowest BCUT2D eigenvalue weighted by atomic mass is 10.1. The zero-order valence-corrected chi connectivity index (χ0v) is 14.7. The largest absolute Gasteiger partial charge is 0.310 e. The summed E-state index contributed by atoms with van der Waals surface area (Å²) in [5, 5.41) is 11.1. The van der Waals surface area contributed by atoms with Gasteiger partial charge in [-0.1, -0.05) is 24.6 Å². The number of fused-ring (bicyclic) bond motifs is 1. The van der Waals surface area contributed by atoms with E-state index in [2.05, 4.69) is 14.9 Å². The molecule has 132 valence electrons. The van der Waals surface area contributed by atoms with Gasteiger partial charge in [0.25, 0.3) is 11.2 Å². The standard InChI is InChI=1S/C17H19ClN4O3/c1-2-3-16-19-14-6-7-21(10-12(14)17(23)20-16)9-11-4-5-13(18)15(8-11)22(24)25/h4-5,8H,2-3,6-7,9-10H2,1H3,(H,19,20,23). The summed E-state index contributed by atoms with van der Waals surface area (Å²) in [6.07, 6.45) is 2.40. The number of aromatic amines is 1. The SMILES string of the molecule is CCCc1nc2c(c(=O)[nH]1)CN(Cc1ccc(Cl)c([N+](=O)[O-])c1)CC2. The molecule has 8 heteroatoms. The third-order valence-corrected chi connectivity index (χ3v) is 4.62. The van der Waals surface area contributed by atoms with Crippen molar-refractivity contribution in [2.24, 2.45) is 0 Å². The van der Waals surface area contributed by atoms with Crippen LogP contribution >= 0.6 is 11.6 Å². The fourth-order valence-corrected chi connectivity index (χ4v) is 3.26. The van der Waals surface area contributed by atoms with E-state index >= 15 is 0 Å². The second-order valence-electron chi connectivity index (χ2n) is 6.19. The lowest BCUT2D eigenvalue weighted by Gasteiger charge is -2.27. The van der Waals surface area contributed by atoms with Gasteiger partial charge in [0.15, 0.2) is 0 Å². The number of H-pyrrole nitrogens is 1. The zero-order chi connectivity index (χ0) is 18.0. The Labute approximate surface area is 149 Å². The molecule has 2 heterocycles. The number of rotatable bonds is 5. The minimum absolute atomic E-state index is 0.0831. The zero-order valence-electron chi connectivity index (χ0n) is 13.9. The number of hydrogen-bond donors (Lipinski definition) is 1. The first-order chi connectivity index (χ1) is 12.0. The molecule has 0 saturated heterocycles. The van der Waals surface area contributed by atoms with Gasteiger partial charge in [-0.3, -0.25) is 19.8 Å². The number of nitro groups is 1. The summed E-state index contributed by atoms with van der Waals surface area (Å²) in [6.45, 7) is 3.81. The normalized spacial score (nSPS) is 14.3. The maximum atomic E-state index is 12.3. The molecule has 0 spiro atoms. The van der Waals surface area contributed by atoms with Crippen molar-refractivity contribution in [1.82, 2.24) is 14.9 Å². The van der Waals surface area contributed by atoms with Crippen molar-refractivity contribution in [2.45, 2.75) is 39.3 Å². The lowest BCUT2D eigenvalue weighted by molar-refractivity contribution is -0.384. The summed E-state index contributed by atoms with van der Waals surface area (Å²) < 4.78 is 0. The van der Waals surface area contributed by atoms with Crippen LogP contribution in [0.4, 0.5) is 5.69 Å². The predicted octanol–water partition coefficient (Wildman–Crippen LogP) is 2.84. The van der Waals surface area contributed by atoms with E-state index in [-0.39, 0.29) is 16.3 Å². The fraction of sp³-hybridized carbons (Fsp3) is 0.412. The quantitative estimate of drug-likeness (QED) is 0.652. The lowest BCUT2D eigenvalue weighted by Crippen LogP contribution is -2.35. The van der Waals surface area contributed by atoms with Crippen LogP contribution in [0.1, 0.15) is 36.0 Å². The maximum absolute atomic E-state index is 12.3. The summed E-state index contributed by atoms with van der Waals surface area (Å²) in [5.41, 5.74) is 2.17. The first-order valence-electron chi connectivity index (χ1n) is 8.24. The first kappa shape index (κ1) is 17.6. The molecule has 0 aliphatic carbocycles. The van der Waals surface area contributed by atoms with Crippen LogP contribution in [-0.2, 0) is 25.9 Å². The van der Waals surface area contributed by atoms with Crippen molar-refractivity contribution in [2.75, 3.05) is 6.54 Å². The van der Waals surface area contributed by atoms with Crippen LogP contribution < -0.4 is 5.56 Å². The number of nitro benzene ring substituents is 1. The molecular formula is C17H19ClN4O3. The Morgan fingerprint density at radius 2 is 2.24 bits per heavy atom. The molecule has 3 rings (SSSR count). The summed E-state index contributed by atoms with van der Waals surface area (Å²) in [5.74, 6) is 0.744. The third-order valence-electron chi connectivity index (χ3n) is 4.30. The minimum Gasteiger partial charge on any atom is -0.310 e. The number of aromatic nitrogens is 2. The predicted molar refractivity (Wildman–Crippen MR) is 94.8 cm³/mol. The number of hydrogen-bond acceptors (Lipinski definition) is 5. The minimum atomic E-state index is -0.485. The van der Waals surface area contributed by atoms with E-state index < -0.39 is 4.92 Å². The number of halogens is 1. The van der Waals surface area contributed by atoms with E-state index in [1.165, 1.54) is 12.1 Å². The fourth-order valence-electron chi connectivity index (χ4n) is 3.08. The highest BCUT2D eigenvalue weighted by atomic mass is 35.5. The van der Waals surface area contributed by atoms with Crippen molar-refractivity contribution in [1.29, 1.82) is 0 Å². The highest BCUT2D eigenvalue weighted by Crippen LogP contribution is 2.26. The van der Waals surface area contributed by atoms with E-state index in [9.17, 15) is 14.9 Å². The topological polar surface area (TPSA) is 92.1 Å². The number of benzene rings is 1. The average molecular weight is 363 g/mol. The Morgan fingerprint density at radius 3 is 2.96 bits per heavy atom. The number of nitrogens with one attached hydrogen (secondary N) is 1. The molecule has 0 atom stereocenters. The highest BCUT2D eigenvalue weighted by molar-refractivity contribution is 6.32. The van der Waals surface area contributed by atoms with Crippen molar-refractivity contribution in [3.05, 3.63) is 66.3 Å². The van der Waals surface area contributed by atoms with Gasteiger partial charge in [0, 0.05) is 38.5 Å². The molecule has 0 saturated carbocycles. The Hall–Kier alpha value is -2.25. The van der Waals surface area contributed by atoms with Gasteiger partial charge in [-0.05, 0) is 18.1 Å². The number of aryl methyl sites for hydroxylation is 1. The van der Waals surface area contributed by atoms with Crippen LogP contribution in [0.2, 0.25) is 5.02 Å². The molecule has 1 aromatic carbocycles. The van der Waals surface area contributed by atoms with Gasteiger partial charge in [-0.25, -0.2) is 4.98 Å². The summed E-state index contributed by atoms with van der Waals surface area (Å²) >= 11 is 5.85. The van der Waals surface area contributed by atoms with E-state index in [1.807, 2.05) is 6.92 Å². The Morgan fingerprint density at radius 1 is 1.44 bits per heavy atom. The highest BCUT2D eigenvalue weighted by Gasteiger charge is 2.22. The Kier molecular flexibility index (Phi) is 5.15. The van der Waals surface area contributed by atoms with Crippen molar-refractivity contribution in [3.63, 3.8) is 0 Å². The average Bonchev–Trinajstić information content (AvgIpc) is 2.57. The molecular weight excluding hydrogens is 344 g/mol. The van der Waals surface area contributed by atoms with Gasteiger partial charge >= 0.3 is 0 Å². The van der Waals surface area contributed by atoms with Crippen molar-refractivity contribution >= 4 is 17.3 Å². The smallest absolute Gasteiger partial charge is 0.288 e. The van der Waals surface area contributed by atoms with Crippen LogP contribution in [0.15, 0.2) is 23.0 Å². The van der Waals surface area contributed by atoms with Crippen LogP contribution in [0.3, 0.4) is 0 Å². The second-order valence-corrected chi connectivity index (χ2v) is 6.60. The molecule has 0 radical (unpaired) electrons.